The van der Waals surface area contributed by atoms with Crippen molar-refractivity contribution in [2.75, 3.05) is 20.1 Å². The zero-order valence-electron chi connectivity index (χ0n) is 16.2. The molecule has 1 saturated heterocycles. The fourth-order valence-corrected chi connectivity index (χ4v) is 3.61. The third kappa shape index (κ3) is 3.82. The second-order valence-corrected chi connectivity index (χ2v) is 7.52. The van der Waals surface area contributed by atoms with Gasteiger partial charge in [0.15, 0.2) is 0 Å². The van der Waals surface area contributed by atoms with Crippen molar-refractivity contribution in [1.82, 2.24) is 19.8 Å². The van der Waals surface area contributed by atoms with Crippen LogP contribution in [0.15, 0.2) is 53.5 Å². The molecule has 4 rings (SSSR count). The number of nitrogens with zero attached hydrogens (tertiary/aromatic N) is 3. The Balaban J connectivity index is 1.55. The second-order valence-electron chi connectivity index (χ2n) is 7.52. The Hall–Kier alpha value is -2.99. The molecule has 3 heterocycles. The first-order valence-electron chi connectivity index (χ1n) is 9.57. The highest BCUT2D eigenvalue weighted by Gasteiger charge is 2.19. The van der Waals surface area contributed by atoms with E-state index < -0.39 is 0 Å². The fraction of sp³-hybridized carbons (Fsp3) is 0.318. The number of pyridine rings is 2. The molecule has 1 aliphatic rings. The standard InChI is InChI=1S/C22H24N4O2/c1-25-11-9-18(10-12-25)23-22(28)20-7-4-16-13-15(3-6-19(16)24-20)17-5-8-21(27)26(2)14-17/h3-8,13-14,18H,9-12H2,1-2H3,(H,23,28). The predicted molar refractivity (Wildman–Crippen MR) is 110 cm³/mol. The highest BCUT2D eigenvalue weighted by Crippen LogP contribution is 2.23. The Morgan fingerprint density at radius 2 is 1.79 bits per heavy atom. The lowest BCUT2D eigenvalue weighted by Crippen LogP contribution is -2.43. The summed E-state index contributed by atoms with van der Waals surface area (Å²) >= 11 is 0. The molecule has 0 unspecified atom stereocenters. The molecule has 28 heavy (non-hydrogen) atoms. The van der Waals surface area contributed by atoms with Gasteiger partial charge in [-0.15, -0.1) is 0 Å². The quantitative estimate of drug-likeness (QED) is 0.762. The molecule has 144 valence electrons. The van der Waals surface area contributed by atoms with E-state index in [1.54, 1.807) is 23.7 Å². The van der Waals surface area contributed by atoms with Gasteiger partial charge in [-0.05, 0) is 68.4 Å². The van der Waals surface area contributed by atoms with Crippen LogP contribution in [-0.2, 0) is 7.05 Å². The molecule has 1 N–H and O–H groups in total. The first-order chi connectivity index (χ1) is 13.5. The topological polar surface area (TPSA) is 67.2 Å². The largest absolute Gasteiger partial charge is 0.348 e. The maximum Gasteiger partial charge on any atom is 0.270 e. The van der Waals surface area contributed by atoms with Crippen molar-refractivity contribution in [3.05, 3.63) is 64.7 Å². The van der Waals surface area contributed by atoms with Gasteiger partial charge in [0, 0.05) is 30.7 Å². The monoisotopic (exact) mass is 376 g/mol. The van der Waals surface area contributed by atoms with E-state index in [1.165, 1.54) is 0 Å². The molecule has 1 aromatic carbocycles. The van der Waals surface area contributed by atoms with Crippen LogP contribution < -0.4 is 10.9 Å². The third-order valence-corrected chi connectivity index (χ3v) is 5.39. The van der Waals surface area contributed by atoms with Gasteiger partial charge < -0.3 is 14.8 Å². The summed E-state index contributed by atoms with van der Waals surface area (Å²) in [6.07, 6.45) is 3.76. The van der Waals surface area contributed by atoms with Gasteiger partial charge in [-0.2, -0.15) is 0 Å². The molecule has 0 aliphatic carbocycles. The van der Waals surface area contributed by atoms with Gasteiger partial charge >= 0.3 is 0 Å². The number of hydrogen-bond acceptors (Lipinski definition) is 4. The summed E-state index contributed by atoms with van der Waals surface area (Å²) < 4.78 is 1.56. The SMILES string of the molecule is CN1CCC(NC(=O)c2ccc3cc(-c4ccc(=O)n(C)c4)ccc3n2)CC1. The summed E-state index contributed by atoms with van der Waals surface area (Å²) in [6.45, 7) is 2.01. The van der Waals surface area contributed by atoms with Crippen LogP contribution in [0.1, 0.15) is 23.3 Å². The summed E-state index contributed by atoms with van der Waals surface area (Å²) in [6, 6.07) is 13.2. The van der Waals surface area contributed by atoms with Crippen LogP contribution in [-0.4, -0.2) is 46.5 Å². The summed E-state index contributed by atoms with van der Waals surface area (Å²) in [5.74, 6) is -0.112. The lowest BCUT2D eigenvalue weighted by atomic mass is 10.0. The maximum absolute atomic E-state index is 12.6. The Kier molecular flexibility index (Phi) is 4.96. The van der Waals surface area contributed by atoms with Gasteiger partial charge in [-0.3, -0.25) is 9.59 Å². The summed E-state index contributed by atoms with van der Waals surface area (Å²) in [7, 11) is 3.84. The lowest BCUT2D eigenvalue weighted by molar-refractivity contribution is 0.0912. The van der Waals surface area contributed by atoms with Crippen LogP contribution in [0.3, 0.4) is 0 Å². The fourth-order valence-electron chi connectivity index (χ4n) is 3.61. The van der Waals surface area contributed by atoms with E-state index in [4.69, 9.17) is 0 Å². The van der Waals surface area contributed by atoms with Crippen LogP contribution in [0, 0.1) is 0 Å². The molecule has 1 aliphatic heterocycles. The number of nitrogens with one attached hydrogen (secondary N) is 1. The van der Waals surface area contributed by atoms with Gasteiger partial charge in [-0.1, -0.05) is 12.1 Å². The Bertz CT molecular complexity index is 1080. The third-order valence-electron chi connectivity index (χ3n) is 5.39. The van der Waals surface area contributed by atoms with Gasteiger partial charge in [-0.25, -0.2) is 4.98 Å². The normalized spacial score (nSPS) is 15.6. The number of aromatic nitrogens is 2. The molecule has 0 radical (unpaired) electrons. The van der Waals surface area contributed by atoms with Crippen molar-refractivity contribution >= 4 is 16.8 Å². The molecule has 0 saturated carbocycles. The summed E-state index contributed by atoms with van der Waals surface area (Å²) in [4.78, 5) is 31.0. The second kappa shape index (κ2) is 7.56. The maximum atomic E-state index is 12.6. The number of likely N-dealkylation sites (tertiary alicyclic amines) is 1. The number of rotatable bonds is 3. The number of benzene rings is 1. The van der Waals surface area contributed by atoms with Crippen molar-refractivity contribution in [2.45, 2.75) is 18.9 Å². The molecule has 1 amide bonds. The first kappa shape index (κ1) is 18.4. The van der Waals surface area contributed by atoms with E-state index >= 15 is 0 Å². The molecule has 6 heteroatoms. The van der Waals surface area contributed by atoms with E-state index in [9.17, 15) is 9.59 Å². The smallest absolute Gasteiger partial charge is 0.270 e. The van der Waals surface area contributed by atoms with Gasteiger partial charge in [0.2, 0.25) is 5.56 Å². The molecule has 0 spiro atoms. The van der Waals surface area contributed by atoms with Crippen LogP contribution in [0.5, 0.6) is 0 Å². The molecule has 1 fully saturated rings. The van der Waals surface area contributed by atoms with Crippen molar-refractivity contribution in [2.24, 2.45) is 7.05 Å². The Morgan fingerprint density at radius 3 is 2.54 bits per heavy atom. The molecular formula is C22H24N4O2. The van der Waals surface area contributed by atoms with Crippen LogP contribution in [0.25, 0.3) is 22.0 Å². The first-order valence-corrected chi connectivity index (χ1v) is 9.57. The van der Waals surface area contributed by atoms with E-state index in [0.29, 0.717) is 5.69 Å². The van der Waals surface area contributed by atoms with E-state index in [1.807, 2.05) is 36.5 Å². The Labute approximate surface area is 163 Å². The number of piperidine rings is 1. The summed E-state index contributed by atoms with van der Waals surface area (Å²) in [5.41, 5.74) is 3.17. The molecule has 3 aromatic rings. The average Bonchev–Trinajstić information content (AvgIpc) is 2.71. The number of hydrogen-bond donors (Lipinski definition) is 1. The molecule has 0 atom stereocenters. The summed E-state index contributed by atoms with van der Waals surface area (Å²) in [5, 5.41) is 4.07. The zero-order chi connectivity index (χ0) is 19.7. The minimum Gasteiger partial charge on any atom is -0.348 e. The van der Waals surface area contributed by atoms with Gasteiger partial charge in [0.05, 0.1) is 5.52 Å². The molecule has 0 bridgehead atoms. The van der Waals surface area contributed by atoms with Crippen molar-refractivity contribution < 1.29 is 4.79 Å². The van der Waals surface area contributed by atoms with Crippen LogP contribution in [0.2, 0.25) is 0 Å². The molecular weight excluding hydrogens is 352 g/mol. The van der Waals surface area contributed by atoms with Gasteiger partial charge in [0.25, 0.3) is 5.91 Å². The van der Waals surface area contributed by atoms with Crippen molar-refractivity contribution in [1.29, 1.82) is 0 Å². The van der Waals surface area contributed by atoms with E-state index in [0.717, 1.165) is 48.0 Å². The van der Waals surface area contributed by atoms with Crippen LogP contribution >= 0.6 is 0 Å². The predicted octanol–water partition coefficient (Wildman–Crippen LogP) is 2.42. The molecule has 6 nitrogen and oxygen atoms in total. The highest BCUT2D eigenvalue weighted by molar-refractivity contribution is 5.95. The minimum atomic E-state index is -0.112. The highest BCUT2D eigenvalue weighted by atomic mass is 16.2. The van der Waals surface area contributed by atoms with E-state index in [2.05, 4.69) is 22.2 Å². The van der Waals surface area contributed by atoms with E-state index in [-0.39, 0.29) is 17.5 Å². The minimum absolute atomic E-state index is 0.0357. The zero-order valence-corrected chi connectivity index (χ0v) is 16.2. The molecule has 2 aromatic heterocycles. The Morgan fingerprint density at radius 1 is 1.04 bits per heavy atom. The van der Waals surface area contributed by atoms with Crippen LogP contribution in [0.4, 0.5) is 0 Å². The number of carbonyl (C=O) groups is 1. The number of carbonyl (C=O) groups excluding carboxylic acids is 1. The van der Waals surface area contributed by atoms with Crippen molar-refractivity contribution in [3.63, 3.8) is 0 Å². The average molecular weight is 376 g/mol. The van der Waals surface area contributed by atoms with Gasteiger partial charge in [0.1, 0.15) is 5.69 Å². The number of amides is 1. The van der Waals surface area contributed by atoms with Crippen molar-refractivity contribution in [3.8, 4) is 11.1 Å². The number of fused-ring (bicyclic) bond motifs is 1. The lowest BCUT2D eigenvalue weighted by Gasteiger charge is -2.29. The number of aryl methyl sites for hydroxylation is 1.